The van der Waals surface area contributed by atoms with E-state index in [4.69, 9.17) is 11.6 Å². The van der Waals surface area contributed by atoms with Crippen molar-refractivity contribution in [2.24, 2.45) is 0 Å². The summed E-state index contributed by atoms with van der Waals surface area (Å²) in [4.78, 5) is 14.0. The van der Waals surface area contributed by atoms with Crippen LogP contribution in [0.4, 0.5) is 0 Å². The lowest BCUT2D eigenvalue weighted by Crippen LogP contribution is -2.37. The molecule has 0 aromatic heterocycles. The number of benzene rings is 1. The van der Waals surface area contributed by atoms with E-state index in [2.05, 4.69) is 0 Å². The smallest absolute Gasteiger partial charge is 0.225 e. The predicted molar refractivity (Wildman–Crippen MR) is 80.7 cm³/mol. The Bertz CT molecular complexity index is 483. The third-order valence-corrected chi connectivity index (χ3v) is 4.69. The van der Waals surface area contributed by atoms with Crippen LogP contribution in [-0.2, 0) is 4.79 Å². The molecule has 20 heavy (non-hydrogen) atoms. The summed E-state index contributed by atoms with van der Waals surface area (Å²) in [6.07, 6.45) is 3.68. The number of hydrogen-bond donors (Lipinski definition) is 1. The van der Waals surface area contributed by atoms with Crippen LogP contribution in [0.2, 0.25) is 5.02 Å². The van der Waals surface area contributed by atoms with Crippen LogP contribution in [0, 0.1) is 0 Å². The van der Waals surface area contributed by atoms with Gasteiger partial charge in [0.15, 0.2) is 0 Å². The molecule has 1 aliphatic carbocycles. The molecule has 1 aliphatic rings. The molecule has 0 radical (unpaired) electrons. The molecule has 0 heterocycles. The third kappa shape index (κ3) is 3.33. The average molecular weight is 296 g/mol. The Morgan fingerprint density at radius 1 is 1.40 bits per heavy atom. The molecule has 1 N–H and O–H groups in total. The lowest BCUT2D eigenvalue weighted by molar-refractivity contribution is -0.136. The normalized spacial score (nSPS) is 18.8. The Balaban J connectivity index is 2.05. The van der Waals surface area contributed by atoms with E-state index < -0.39 is 5.60 Å². The second-order valence-corrected chi connectivity index (χ2v) is 6.22. The third-order valence-electron chi connectivity index (χ3n) is 4.34. The fraction of sp³-hybridized carbons (Fsp3) is 0.562. The number of rotatable bonds is 4. The van der Waals surface area contributed by atoms with E-state index in [-0.39, 0.29) is 18.4 Å². The minimum atomic E-state index is -0.800. The van der Waals surface area contributed by atoms with Gasteiger partial charge in [0.05, 0.1) is 18.1 Å². The summed E-state index contributed by atoms with van der Waals surface area (Å²) in [6, 6.07) is 7.46. The number of aliphatic hydroxyl groups is 1. The minimum absolute atomic E-state index is 0.0261. The lowest BCUT2D eigenvalue weighted by Gasteiger charge is -2.30. The molecular formula is C16H22ClNO2. The van der Waals surface area contributed by atoms with Crippen molar-refractivity contribution in [1.82, 2.24) is 4.90 Å². The van der Waals surface area contributed by atoms with Gasteiger partial charge in [-0.15, -0.1) is 0 Å². The summed E-state index contributed by atoms with van der Waals surface area (Å²) in [5, 5.41) is 11.0. The number of nitrogens with zero attached hydrogens (tertiary/aromatic N) is 1. The second-order valence-electron chi connectivity index (χ2n) is 5.81. The van der Waals surface area contributed by atoms with Gasteiger partial charge in [0.2, 0.25) is 5.91 Å². The molecule has 0 aliphatic heterocycles. The zero-order valence-electron chi connectivity index (χ0n) is 12.1. The van der Waals surface area contributed by atoms with E-state index in [9.17, 15) is 9.90 Å². The highest BCUT2D eigenvalue weighted by Gasteiger charge is 2.35. The Kier molecular flexibility index (Phi) is 4.71. The molecule has 1 atom stereocenters. The van der Waals surface area contributed by atoms with Gasteiger partial charge >= 0.3 is 0 Å². The SMILES string of the molecule is CC(c1ccccc1Cl)N(C)C(=O)CC1(O)CCCC1. The van der Waals surface area contributed by atoms with Crippen molar-refractivity contribution in [3.8, 4) is 0 Å². The van der Waals surface area contributed by atoms with E-state index in [1.54, 1.807) is 11.9 Å². The summed E-state index contributed by atoms with van der Waals surface area (Å²) in [6.45, 7) is 1.96. The first-order valence-corrected chi connectivity index (χ1v) is 7.53. The Morgan fingerprint density at radius 2 is 2.00 bits per heavy atom. The van der Waals surface area contributed by atoms with Crippen LogP contribution in [0.5, 0.6) is 0 Å². The maximum absolute atomic E-state index is 12.4. The number of hydrogen-bond acceptors (Lipinski definition) is 2. The van der Waals surface area contributed by atoms with Crippen molar-refractivity contribution < 1.29 is 9.90 Å². The molecule has 4 heteroatoms. The van der Waals surface area contributed by atoms with Crippen LogP contribution >= 0.6 is 11.6 Å². The van der Waals surface area contributed by atoms with Gasteiger partial charge in [-0.2, -0.15) is 0 Å². The van der Waals surface area contributed by atoms with E-state index in [0.717, 1.165) is 31.2 Å². The van der Waals surface area contributed by atoms with Crippen molar-refractivity contribution in [2.75, 3.05) is 7.05 Å². The highest BCUT2D eigenvalue weighted by molar-refractivity contribution is 6.31. The largest absolute Gasteiger partial charge is 0.389 e. The summed E-state index contributed by atoms with van der Waals surface area (Å²) < 4.78 is 0. The van der Waals surface area contributed by atoms with Gasteiger partial charge < -0.3 is 10.0 Å². The van der Waals surface area contributed by atoms with Crippen molar-refractivity contribution >= 4 is 17.5 Å². The number of carbonyl (C=O) groups is 1. The van der Waals surface area contributed by atoms with Gasteiger partial charge in [-0.05, 0) is 31.4 Å². The molecule has 0 bridgehead atoms. The van der Waals surface area contributed by atoms with E-state index in [1.165, 1.54) is 0 Å². The van der Waals surface area contributed by atoms with Crippen LogP contribution in [0.1, 0.15) is 50.6 Å². The summed E-state index contributed by atoms with van der Waals surface area (Å²) >= 11 is 6.18. The van der Waals surface area contributed by atoms with Gasteiger partial charge in [0.25, 0.3) is 0 Å². The molecular weight excluding hydrogens is 274 g/mol. The monoisotopic (exact) mass is 295 g/mol. The quantitative estimate of drug-likeness (QED) is 0.923. The summed E-state index contributed by atoms with van der Waals surface area (Å²) in [7, 11) is 1.77. The van der Waals surface area contributed by atoms with Crippen molar-refractivity contribution in [2.45, 2.75) is 50.7 Å². The molecule has 1 amide bonds. The van der Waals surface area contributed by atoms with E-state index in [1.807, 2.05) is 31.2 Å². The lowest BCUT2D eigenvalue weighted by atomic mass is 9.96. The van der Waals surface area contributed by atoms with Gasteiger partial charge in [0.1, 0.15) is 0 Å². The zero-order valence-corrected chi connectivity index (χ0v) is 12.9. The van der Waals surface area contributed by atoms with Crippen LogP contribution in [0.25, 0.3) is 0 Å². The van der Waals surface area contributed by atoms with Crippen molar-refractivity contribution in [1.29, 1.82) is 0 Å². The molecule has 0 saturated heterocycles. The van der Waals surface area contributed by atoms with Crippen molar-refractivity contribution in [3.05, 3.63) is 34.9 Å². The van der Waals surface area contributed by atoms with Crippen LogP contribution in [-0.4, -0.2) is 28.6 Å². The van der Waals surface area contributed by atoms with Gasteiger partial charge in [0, 0.05) is 12.1 Å². The van der Waals surface area contributed by atoms with Gasteiger partial charge in [-0.3, -0.25) is 4.79 Å². The highest BCUT2D eigenvalue weighted by Crippen LogP contribution is 2.34. The zero-order chi connectivity index (χ0) is 14.8. The Hall–Kier alpha value is -1.06. The molecule has 0 spiro atoms. The number of amides is 1. The fourth-order valence-electron chi connectivity index (χ4n) is 2.85. The van der Waals surface area contributed by atoms with Gasteiger partial charge in [-0.1, -0.05) is 42.6 Å². The standard InChI is InChI=1S/C16H22ClNO2/c1-12(13-7-3-4-8-14(13)17)18(2)15(19)11-16(20)9-5-6-10-16/h3-4,7-8,12,20H,5-6,9-11H2,1-2H3. The van der Waals surface area contributed by atoms with Crippen molar-refractivity contribution in [3.63, 3.8) is 0 Å². The number of carbonyl (C=O) groups excluding carboxylic acids is 1. The fourth-order valence-corrected chi connectivity index (χ4v) is 3.15. The first kappa shape index (κ1) is 15.3. The second kappa shape index (κ2) is 6.15. The highest BCUT2D eigenvalue weighted by atomic mass is 35.5. The molecule has 1 aromatic rings. The van der Waals surface area contributed by atoms with Crippen LogP contribution in [0.15, 0.2) is 24.3 Å². The molecule has 1 aromatic carbocycles. The first-order valence-electron chi connectivity index (χ1n) is 7.15. The average Bonchev–Trinajstić information content (AvgIpc) is 2.84. The predicted octanol–water partition coefficient (Wildman–Crippen LogP) is 3.55. The molecule has 110 valence electrons. The molecule has 3 nitrogen and oxygen atoms in total. The number of halogens is 1. The Morgan fingerprint density at radius 3 is 2.60 bits per heavy atom. The first-order chi connectivity index (χ1) is 9.43. The van der Waals surface area contributed by atoms with E-state index in [0.29, 0.717) is 5.02 Å². The summed E-state index contributed by atoms with van der Waals surface area (Å²) in [5.74, 6) is -0.0261. The topological polar surface area (TPSA) is 40.5 Å². The van der Waals surface area contributed by atoms with Crippen LogP contribution < -0.4 is 0 Å². The van der Waals surface area contributed by atoms with E-state index >= 15 is 0 Å². The molecule has 2 rings (SSSR count). The Labute approximate surface area is 125 Å². The minimum Gasteiger partial charge on any atom is -0.389 e. The maximum atomic E-state index is 12.4. The molecule has 1 unspecified atom stereocenters. The maximum Gasteiger partial charge on any atom is 0.225 e. The van der Waals surface area contributed by atoms with Gasteiger partial charge in [-0.25, -0.2) is 0 Å². The summed E-state index contributed by atoms with van der Waals surface area (Å²) in [5.41, 5.74) is 0.134. The molecule has 1 fully saturated rings. The molecule has 1 saturated carbocycles. The van der Waals surface area contributed by atoms with Crippen LogP contribution in [0.3, 0.4) is 0 Å².